The number of nitrogens with zero attached hydrogens (tertiary/aromatic N) is 4. The highest BCUT2D eigenvalue weighted by atomic mass is 16.5. The lowest BCUT2D eigenvalue weighted by Gasteiger charge is -2.14. The number of hydrogen-bond acceptors (Lipinski definition) is 7. The highest BCUT2D eigenvalue weighted by Gasteiger charge is 2.23. The minimum absolute atomic E-state index is 0.0707. The molecule has 1 aromatic rings. The van der Waals surface area contributed by atoms with Crippen LogP contribution in [0.2, 0.25) is 0 Å². The van der Waals surface area contributed by atoms with Gasteiger partial charge in [0.2, 0.25) is 0 Å². The van der Waals surface area contributed by atoms with Crippen molar-refractivity contribution in [1.29, 1.82) is 0 Å². The summed E-state index contributed by atoms with van der Waals surface area (Å²) in [7, 11) is 1.50. The molecule has 5 N–H and O–H groups in total. The molecule has 0 spiro atoms. The molecule has 24 heavy (non-hydrogen) atoms. The summed E-state index contributed by atoms with van der Waals surface area (Å²) >= 11 is 0. The molecule has 9 nitrogen and oxygen atoms in total. The lowest BCUT2D eigenvalue weighted by atomic mass is 10.1. The third-order valence-corrected chi connectivity index (χ3v) is 3.93. The van der Waals surface area contributed by atoms with Crippen molar-refractivity contribution in [3.63, 3.8) is 0 Å². The molecule has 0 bridgehead atoms. The molecule has 0 radical (unpaired) electrons. The molecule has 1 aliphatic carbocycles. The number of rotatable bonds is 4. The van der Waals surface area contributed by atoms with E-state index in [1.165, 1.54) is 7.11 Å². The molecule has 9 heteroatoms. The molecule has 0 fully saturated rings. The molecule has 0 amide bonds. The largest absolute Gasteiger partial charge is 0.494 e. The molecular formula is C15H20N6O3. The van der Waals surface area contributed by atoms with Crippen molar-refractivity contribution in [1.82, 2.24) is 9.36 Å². The number of nitrogens with two attached hydrogens (primary N) is 2. The van der Waals surface area contributed by atoms with Crippen LogP contribution < -0.4 is 17.0 Å². The molecule has 1 aliphatic heterocycles. The average Bonchev–Trinajstić information content (AvgIpc) is 3.14. The zero-order valence-corrected chi connectivity index (χ0v) is 13.4. The predicted octanol–water partition coefficient (Wildman–Crippen LogP) is -0.472. The molecule has 2 heterocycles. The molecule has 0 unspecified atom stereocenters. The Morgan fingerprint density at radius 2 is 2.00 bits per heavy atom. The number of fused-ring (bicyclic) bond motifs is 1. The van der Waals surface area contributed by atoms with Gasteiger partial charge in [-0.25, -0.2) is 9.67 Å². The highest BCUT2D eigenvalue weighted by molar-refractivity contribution is 6.23. The minimum atomic E-state index is -0.225. The molecule has 0 aromatic carbocycles. The van der Waals surface area contributed by atoms with E-state index in [-0.39, 0.29) is 24.4 Å². The van der Waals surface area contributed by atoms with Gasteiger partial charge in [0, 0.05) is 19.2 Å². The number of allylic oxidation sites excluding steroid dienone is 2. The van der Waals surface area contributed by atoms with Gasteiger partial charge < -0.3 is 21.3 Å². The lowest BCUT2D eigenvalue weighted by Crippen LogP contribution is -2.21. The normalized spacial score (nSPS) is 20.2. The van der Waals surface area contributed by atoms with Crippen LogP contribution >= 0.6 is 0 Å². The maximum absolute atomic E-state index is 12.4. The summed E-state index contributed by atoms with van der Waals surface area (Å²) in [6, 6.07) is 0. The van der Waals surface area contributed by atoms with Crippen molar-refractivity contribution >= 4 is 22.9 Å². The second-order valence-electron chi connectivity index (χ2n) is 5.44. The van der Waals surface area contributed by atoms with Gasteiger partial charge >= 0.3 is 0 Å². The summed E-state index contributed by atoms with van der Waals surface area (Å²) in [5.41, 5.74) is 13.3. The zero-order valence-electron chi connectivity index (χ0n) is 13.4. The summed E-state index contributed by atoms with van der Waals surface area (Å²) in [4.78, 5) is 21.0. The Morgan fingerprint density at radius 3 is 2.67 bits per heavy atom. The standard InChI is InChI=1S/C15H20N6O3/c1-24-12-8-10(9(16)7-11(12)18-3-6-22)19-13-14(17)20-4-2-5-21(20)15(13)23/h7-8,22H,2-6,16-17H2,1H3/b18-11-,19-10+. The summed E-state index contributed by atoms with van der Waals surface area (Å²) in [5, 5.41) is 8.89. The van der Waals surface area contributed by atoms with Gasteiger partial charge in [0.05, 0.1) is 31.7 Å². The maximum Gasteiger partial charge on any atom is 0.294 e. The molecule has 0 atom stereocenters. The van der Waals surface area contributed by atoms with Gasteiger partial charge in [0.25, 0.3) is 5.56 Å². The van der Waals surface area contributed by atoms with Gasteiger partial charge in [0.15, 0.2) is 11.5 Å². The summed E-state index contributed by atoms with van der Waals surface area (Å²) in [5.74, 6) is 0.798. The second kappa shape index (κ2) is 6.36. The Bertz CT molecular complexity index is 840. The molecule has 0 saturated carbocycles. The third kappa shape index (κ3) is 2.62. The first-order valence-corrected chi connectivity index (χ1v) is 7.63. The number of hydrogen-bond donors (Lipinski definition) is 3. The van der Waals surface area contributed by atoms with Crippen molar-refractivity contribution in [2.24, 2.45) is 15.7 Å². The van der Waals surface area contributed by atoms with Crippen LogP contribution in [0.25, 0.3) is 0 Å². The van der Waals surface area contributed by atoms with E-state index in [2.05, 4.69) is 9.98 Å². The van der Waals surface area contributed by atoms with Crippen molar-refractivity contribution in [2.45, 2.75) is 19.5 Å². The van der Waals surface area contributed by atoms with E-state index in [0.717, 1.165) is 6.42 Å². The van der Waals surface area contributed by atoms with Crippen LogP contribution in [0, 0.1) is 0 Å². The Hall–Kier alpha value is -2.81. The molecule has 0 saturated heterocycles. The number of anilines is 1. The molecule has 2 aliphatic rings. The van der Waals surface area contributed by atoms with Crippen LogP contribution in [0.1, 0.15) is 6.42 Å². The van der Waals surface area contributed by atoms with Crippen molar-refractivity contribution in [3.05, 3.63) is 34.0 Å². The van der Waals surface area contributed by atoms with Crippen molar-refractivity contribution < 1.29 is 9.84 Å². The Morgan fingerprint density at radius 1 is 1.25 bits per heavy atom. The summed E-state index contributed by atoms with van der Waals surface area (Å²) < 4.78 is 8.61. The van der Waals surface area contributed by atoms with Gasteiger partial charge in [-0.1, -0.05) is 0 Å². The second-order valence-corrected chi connectivity index (χ2v) is 5.44. The van der Waals surface area contributed by atoms with Gasteiger partial charge in [0.1, 0.15) is 11.5 Å². The van der Waals surface area contributed by atoms with Crippen LogP contribution in [0.3, 0.4) is 0 Å². The van der Waals surface area contributed by atoms with Crippen molar-refractivity contribution in [3.8, 4) is 0 Å². The zero-order chi connectivity index (χ0) is 17.3. The SMILES string of the molecule is COC1=CC(=N\c2c(N)n3n(c2=O)CCC3)/C(N)=CC/1=N/CCO. The summed E-state index contributed by atoms with van der Waals surface area (Å²) in [6.45, 7) is 1.51. The first-order chi connectivity index (χ1) is 11.6. The van der Waals surface area contributed by atoms with E-state index in [1.54, 1.807) is 21.5 Å². The predicted molar refractivity (Wildman–Crippen MR) is 91.6 cm³/mol. The fourth-order valence-corrected chi connectivity index (χ4v) is 2.78. The summed E-state index contributed by atoms with van der Waals surface area (Å²) in [6.07, 6.45) is 4.10. The minimum Gasteiger partial charge on any atom is -0.494 e. The highest BCUT2D eigenvalue weighted by Crippen LogP contribution is 2.24. The number of nitrogen functional groups attached to an aromatic ring is 1. The maximum atomic E-state index is 12.4. The lowest BCUT2D eigenvalue weighted by molar-refractivity contribution is 0.304. The monoisotopic (exact) mass is 332 g/mol. The van der Waals surface area contributed by atoms with E-state index < -0.39 is 0 Å². The van der Waals surface area contributed by atoms with E-state index in [0.29, 0.717) is 41.8 Å². The smallest absolute Gasteiger partial charge is 0.294 e. The Kier molecular flexibility index (Phi) is 4.26. The number of aromatic nitrogens is 2. The van der Waals surface area contributed by atoms with E-state index in [9.17, 15) is 4.79 Å². The fraction of sp³-hybridized carbons (Fsp3) is 0.400. The number of methoxy groups -OCH3 is 1. The fourth-order valence-electron chi connectivity index (χ4n) is 2.78. The third-order valence-electron chi connectivity index (χ3n) is 3.93. The topological polar surface area (TPSA) is 133 Å². The van der Waals surface area contributed by atoms with Gasteiger partial charge in [-0.2, -0.15) is 0 Å². The molecular weight excluding hydrogens is 312 g/mol. The Balaban J connectivity index is 2.03. The van der Waals surface area contributed by atoms with Crippen LogP contribution in [-0.4, -0.2) is 46.2 Å². The van der Waals surface area contributed by atoms with Crippen LogP contribution in [0.5, 0.6) is 0 Å². The van der Waals surface area contributed by atoms with Crippen molar-refractivity contribution in [2.75, 3.05) is 26.0 Å². The first kappa shape index (κ1) is 16.1. The van der Waals surface area contributed by atoms with E-state index >= 15 is 0 Å². The average molecular weight is 332 g/mol. The van der Waals surface area contributed by atoms with Crippen LogP contribution in [0.4, 0.5) is 11.5 Å². The number of aliphatic imine (C=N–C) groups is 2. The number of aliphatic hydroxyl groups is 1. The molecule has 128 valence electrons. The Labute approximate surface area is 138 Å². The van der Waals surface area contributed by atoms with Gasteiger partial charge in [-0.3, -0.25) is 14.5 Å². The van der Waals surface area contributed by atoms with Crippen LogP contribution in [0.15, 0.2) is 38.4 Å². The molecule has 3 rings (SSSR count). The quantitative estimate of drug-likeness (QED) is 0.641. The number of aliphatic hydroxyl groups excluding tert-OH is 1. The van der Waals surface area contributed by atoms with E-state index in [1.807, 2.05) is 0 Å². The van der Waals surface area contributed by atoms with Crippen LogP contribution in [-0.2, 0) is 17.8 Å². The number of ether oxygens (including phenoxy) is 1. The van der Waals surface area contributed by atoms with Gasteiger partial charge in [-0.15, -0.1) is 0 Å². The van der Waals surface area contributed by atoms with E-state index in [4.69, 9.17) is 21.3 Å². The molecule has 1 aromatic heterocycles. The first-order valence-electron chi connectivity index (χ1n) is 7.63. The van der Waals surface area contributed by atoms with Gasteiger partial charge in [-0.05, 0) is 12.5 Å².